The lowest BCUT2D eigenvalue weighted by Crippen LogP contribution is -2.22. The summed E-state index contributed by atoms with van der Waals surface area (Å²) in [4.78, 5) is 6.65. The summed E-state index contributed by atoms with van der Waals surface area (Å²) in [6.45, 7) is 6.24. The summed E-state index contributed by atoms with van der Waals surface area (Å²) in [7, 11) is 0. The summed E-state index contributed by atoms with van der Waals surface area (Å²) >= 11 is 0. The summed E-state index contributed by atoms with van der Waals surface area (Å²) in [5, 5.41) is 3.82. The minimum atomic E-state index is 0.367. The van der Waals surface area contributed by atoms with Crippen LogP contribution in [0.25, 0.3) is 0 Å². The summed E-state index contributed by atoms with van der Waals surface area (Å²) in [5.41, 5.74) is 0. The van der Waals surface area contributed by atoms with E-state index in [-0.39, 0.29) is 0 Å². The first kappa shape index (κ1) is 8.69. The van der Waals surface area contributed by atoms with Crippen molar-refractivity contribution in [2.24, 2.45) is 0 Å². The van der Waals surface area contributed by atoms with Crippen molar-refractivity contribution >= 4 is 0 Å². The monoisotopic (exact) mass is 181 g/mol. The Morgan fingerprint density at radius 3 is 3.08 bits per heavy atom. The van der Waals surface area contributed by atoms with Gasteiger partial charge >= 0.3 is 0 Å². The Kier molecular flexibility index (Phi) is 2.31. The van der Waals surface area contributed by atoms with Crippen LogP contribution in [0.4, 0.5) is 0 Å². The first-order chi connectivity index (χ1) is 6.31. The van der Waals surface area contributed by atoms with Gasteiger partial charge in [0.2, 0.25) is 5.89 Å². The number of rotatable bonds is 2. The van der Waals surface area contributed by atoms with E-state index in [1.807, 2.05) is 6.92 Å². The summed E-state index contributed by atoms with van der Waals surface area (Å²) in [5.74, 6) is 1.52. The van der Waals surface area contributed by atoms with E-state index >= 15 is 0 Å². The highest BCUT2D eigenvalue weighted by atomic mass is 16.5. The average molecular weight is 181 g/mol. The summed E-state index contributed by atoms with van der Waals surface area (Å²) in [6, 6.07) is 0.367. The quantitative estimate of drug-likeness (QED) is 0.694. The van der Waals surface area contributed by atoms with Gasteiger partial charge in [0.1, 0.15) is 0 Å². The van der Waals surface area contributed by atoms with Crippen LogP contribution in [0, 0.1) is 6.92 Å². The molecule has 1 aromatic rings. The van der Waals surface area contributed by atoms with Gasteiger partial charge in [-0.1, -0.05) is 12.1 Å². The Labute approximate surface area is 77.9 Å². The number of hydrogen-bond donors (Lipinski definition) is 0. The fraction of sp³-hybridized carbons (Fsp3) is 0.778. The molecule has 13 heavy (non-hydrogen) atoms. The van der Waals surface area contributed by atoms with Gasteiger partial charge in [-0.25, -0.2) is 0 Å². The van der Waals surface area contributed by atoms with Crippen LogP contribution in [0.2, 0.25) is 0 Å². The molecule has 0 bridgehead atoms. The second-order valence-corrected chi connectivity index (χ2v) is 3.47. The molecule has 4 heteroatoms. The Hall–Kier alpha value is -0.900. The predicted octanol–water partition coefficient (Wildman–Crippen LogP) is 1.53. The summed E-state index contributed by atoms with van der Waals surface area (Å²) < 4.78 is 5.18. The Morgan fingerprint density at radius 1 is 1.62 bits per heavy atom. The van der Waals surface area contributed by atoms with E-state index in [0.29, 0.717) is 6.04 Å². The third-order valence-corrected chi connectivity index (χ3v) is 2.60. The minimum Gasteiger partial charge on any atom is -0.338 e. The topological polar surface area (TPSA) is 42.2 Å². The lowest BCUT2D eigenvalue weighted by Gasteiger charge is -2.18. The van der Waals surface area contributed by atoms with Crippen molar-refractivity contribution in [2.75, 3.05) is 13.1 Å². The van der Waals surface area contributed by atoms with Crippen molar-refractivity contribution in [2.45, 2.75) is 32.7 Å². The Balaban J connectivity index is 2.15. The molecule has 2 heterocycles. The Bertz CT molecular complexity index is 284. The molecule has 1 aromatic heterocycles. The van der Waals surface area contributed by atoms with Crippen LogP contribution in [-0.2, 0) is 0 Å². The molecule has 0 radical (unpaired) electrons. The van der Waals surface area contributed by atoms with E-state index in [2.05, 4.69) is 22.0 Å². The van der Waals surface area contributed by atoms with E-state index in [4.69, 9.17) is 4.52 Å². The SMILES string of the molecule is CCN1CCCC1c1nc(C)no1. The molecule has 1 fully saturated rings. The van der Waals surface area contributed by atoms with Crippen LogP contribution >= 0.6 is 0 Å². The zero-order valence-electron chi connectivity index (χ0n) is 8.16. The summed E-state index contributed by atoms with van der Waals surface area (Å²) in [6.07, 6.45) is 2.38. The van der Waals surface area contributed by atoms with Crippen molar-refractivity contribution in [3.8, 4) is 0 Å². The van der Waals surface area contributed by atoms with Crippen molar-refractivity contribution < 1.29 is 4.52 Å². The highest BCUT2D eigenvalue weighted by Crippen LogP contribution is 2.29. The third-order valence-electron chi connectivity index (χ3n) is 2.60. The lowest BCUT2D eigenvalue weighted by atomic mass is 10.2. The highest BCUT2D eigenvalue weighted by molar-refractivity contribution is 4.95. The second kappa shape index (κ2) is 3.46. The molecule has 4 nitrogen and oxygen atoms in total. The molecule has 1 saturated heterocycles. The van der Waals surface area contributed by atoms with Crippen molar-refractivity contribution in [3.05, 3.63) is 11.7 Å². The Morgan fingerprint density at radius 2 is 2.46 bits per heavy atom. The number of aromatic nitrogens is 2. The number of hydrogen-bond acceptors (Lipinski definition) is 4. The minimum absolute atomic E-state index is 0.367. The fourth-order valence-corrected chi connectivity index (χ4v) is 1.93. The molecular weight excluding hydrogens is 166 g/mol. The maximum Gasteiger partial charge on any atom is 0.243 e. The average Bonchev–Trinajstić information content (AvgIpc) is 2.71. The van der Waals surface area contributed by atoms with E-state index in [1.165, 1.54) is 6.42 Å². The van der Waals surface area contributed by atoms with Gasteiger partial charge in [-0.2, -0.15) is 4.98 Å². The first-order valence-corrected chi connectivity index (χ1v) is 4.85. The van der Waals surface area contributed by atoms with Gasteiger partial charge in [0.05, 0.1) is 6.04 Å². The number of aryl methyl sites for hydroxylation is 1. The smallest absolute Gasteiger partial charge is 0.243 e. The molecule has 1 aliphatic rings. The molecule has 0 amide bonds. The van der Waals surface area contributed by atoms with E-state index in [1.54, 1.807) is 0 Å². The molecule has 0 aliphatic carbocycles. The van der Waals surface area contributed by atoms with Crippen LogP contribution in [0.3, 0.4) is 0 Å². The van der Waals surface area contributed by atoms with Crippen LogP contribution in [-0.4, -0.2) is 28.1 Å². The van der Waals surface area contributed by atoms with Crippen LogP contribution < -0.4 is 0 Å². The van der Waals surface area contributed by atoms with Crippen molar-refractivity contribution in [3.63, 3.8) is 0 Å². The van der Waals surface area contributed by atoms with Gasteiger partial charge in [0, 0.05) is 0 Å². The molecule has 72 valence electrons. The molecule has 0 aromatic carbocycles. The zero-order chi connectivity index (χ0) is 9.26. The predicted molar refractivity (Wildman–Crippen MR) is 48.3 cm³/mol. The zero-order valence-corrected chi connectivity index (χ0v) is 8.16. The van der Waals surface area contributed by atoms with Crippen molar-refractivity contribution in [1.82, 2.24) is 15.0 Å². The molecule has 0 saturated carbocycles. The maximum absolute atomic E-state index is 5.18. The number of likely N-dealkylation sites (tertiary alicyclic amines) is 1. The lowest BCUT2D eigenvalue weighted by molar-refractivity contribution is 0.217. The third kappa shape index (κ3) is 1.58. The van der Waals surface area contributed by atoms with Crippen molar-refractivity contribution in [1.29, 1.82) is 0 Å². The normalized spacial score (nSPS) is 24.0. The largest absolute Gasteiger partial charge is 0.338 e. The van der Waals surface area contributed by atoms with Crippen LogP contribution in [0.5, 0.6) is 0 Å². The van der Waals surface area contributed by atoms with Gasteiger partial charge in [0.15, 0.2) is 5.82 Å². The molecule has 1 unspecified atom stereocenters. The van der Waals surface area contributed by atoms with Gasteiger partial charge < -0.3 is 4.52 Å². The standard InChI is InChI=1S/C9H15N3O/c1-3-12-6-4-5-8(12)9-10-7(2)11-13-9/h8H,3-6H2,1-2H3. The molecular formula is C9H15N3O. The van der Waals surface area contributed by atoms with E-state index in [9.17, 15) is 0 Å². The van der Waals surface area contributed by atoms with Crippen LogP contribution in [0.1, 0.15) is 37.5 Å². The van der Waals surface area contributed by atoms with E-state index in [0.717, 1.165) is 31.2 Å². The number of nitrogens with zero attached hydrogens (tertiary/aromatic N) is 3. The van der Waals surface area contributed by atoms with Gasteiger partial charge in [-0.05, 0) is 32.9 Å². The fourth-order valence-electron chi connectivity index (χ4n) is 1.93. The highest BCUT2D eigenvalue weighted by Gasteiger charge is 2.28. The molecule has 1 atom stereocenters. The van der Waals surface area contributed by atoms with Gasteiger partial charge in [0.25, 0.3) is 0 Å². The molecule has 0 N–H and O–H groups in total. The maximum atomic E-state index is 5.18. The van der Waals surface area contributed by atoms with Gasteiger partial charge in [-0.15, -0.1) is 0 Å². The van der Waals surface area contributed by atoms with Crippen LogP contribution in [0.15, 0.2) is 4.52 Å². The first-order valence-electron chi connectivity index (χ1n) is 4.85. The molecule has 0 spiro atoms. The van der Waals surface area contributed by atoms with E-state index < -0.39 is 0 Å². The molecule has 1 aliphatic heterocycles. The van der Waals surface area contributed by atoms with Gasteiger partial charge in [-0.3, -0.25) is 4.90 Å². The second-order valence-electron chi connectivity index (χ2n) is 3.47. The molecule has 2 rings (SSSR count).